The Kier molecular flexibility index (Phi) is 3.44. The van der Waals surface area contributed by atoms with E-state index >= 15 is 0 Å². The van der Waals surface area contributed by atoms with E-state index < -0.39 is 8.07 Å². The predicted molar refractivity (Wildman–Crippen MR) is 74.2 cm³/mol. The zero-order chi connectivity index (χ0) is 11.8. The van der Waals surface area contributed by atoms with Gasteiger partial charge in [0.15, 0.2) is 0 Å². The number of hydrogen-bond donors (Lipinski definition) is 0. The Morgan fingerprint density at radius 3 is 2.62 bits per heavy atom. The fraction of sp³-hybridized carbons (Fsp3) is 0.733. The van der Waals surface area contributed by atoms with Crippen LogP contribution in [0.4, 0.5) is 0 Å². The molecule has 0 N–H and O–H groups in total. The average Bonchev–Trinajstić information content (AvgIpc) is 2.56. The summed E-state index contributed by atoms with van der Waals surface area (Å²) in [6, 6.07) is 2.84. The van der Waals surface area contributed by atoms with Crippen LogP contribution in [0.2, 0.25) is 25.2 Å². The van der Waals surface area contributed by atoms with Crippen molar-refractivity contribution in [3.8, 4) is 0 Å². The highest BCUT2D eigenvalue weighted by Gasteiger charge is 2.31. The summed E-state index contributed by atoms with van der Waals surface area (Å²) in [5, 5.41) is 0. The minimum Gasteiger partial charge on any atom is -0.0693 e. The molecule has 1 unspecified atom stereocenters. The van der Waals surface area contributed by atoms with Crippen LogP contribution in [0.1, 0.15) is 39.5 Å². The molecule has 0 aromatic carbocycles. The fourth-order valence-corrected chi connectivity index (χ4v) is 4.79. The molecule has 0 bridgehead atoms. The zero-order valence-corrected chi connectivity index (χ0v) is 12.3. The molecule has 0 saturated heterocycles. The first kappa shape index (κ1) is 12.2. The molecule has 0 aromatic heterocycles. The molecule has 0 amide bonds. The lowest BCUT2D eigenvalue weighted by Gasteiger charge is -2.27. The van der Waals surface area contributed by atoms with Crippen molar-refractivity contribution < 1.29 is 0 Å². The molecule has 2 aliphatic carbocycles. The van der Waals surface area contributed by atoms with Gasteiger partial charge in [0.2, 0.25) is 0 Å². The third kappa shape index (κ3) is 2.34. The van der Waals surface area contributed by atoms with Crippen LogP contribution in [0.3, 0.4) is 0 Å². The zero-order valence-electron chi connectivity index (χ0n) is 11.3. The van der Waals surface area contributed by atoms with Crippen molar-refractivity contribution >= 4 is 8.07 Å². The fourth-order valence-electron chi connectivity index (χ4n) is 3.05. The molecule has 1 atom stereocenters. The van der Waals surface area contributed by atoms with Gasteiger partial charge < -0.3 is 0 Å². The molecule has 2 aliphatic rings. The van der Waals surface area contributed by atoms with Crippen molar-refractivity contribution in [2.45, 2.75) is 64.7 Å². The highest BCUT2D eigenvalue weighted by atomic mass is 28.3. The molecule has 0 saturated carbocycles. The minimum atomic E-state index is -0.958. The summed E-state index contributed by atoms with van der Waals surface area (Å²) < 4.78 is 0. The largest absolute Gasteiger partial charge is 0.0693 e. The Morgan fingerprint density at radius 1 is 1.25 bits per heavy atom. The Morgan fingerprint density at radius 2 is 1.94 bits per heavy atom. The standard InChI is InChI=1S/C15H25Si/c1-5-16(3,4)11-13-10-12(2)14-8-6-7-9-15(13)14/h13H,5-9,11H2,1-4H3. The molecular weight excluding hydrogens is 208 g/mol. The van der Waals surface area contributed by atoms with Gasteiger partial charge in [0.05, 0.1) is 0 Å². The van der Waals surface area contributed by atoms with E-state index in [1.54, 1.807) is 11.1 Å². The van der Waals surface area contributed by atoms with Crippen molar-refractivity contribution in [1.82, 2.24) is 0 Å². The van der Waals surface area contributed by atoms with E-state index in [4.69, 9.17) is 0 Å². The van der Waals surface area contributed by atoms with Crippen LogP contribution in [-0.4, -0.2) is 8.07 Å². The summed E-state index contributed by atoms with van der Waals surface area (Å²) >= 11 is 0. The third-order valence-electron chi connectivity index (χ3n) is 4.49. The number of allylic oxidation sites excluding steroid dienone is 4. The molecule has 1 heteroatoms. The molecule has 0 nitrogen and oxygen atoms in total. The van der Waals surface area contributed by atoms with Crippen molar-refractivity contribution in [2.24, 2.45) is 5.92 Å². The van der Waals surface area contributed by atoms with Crippen molar-refractivity contribution in [1.29, 1.82) is 0 Å². The second-order valence-corrected chi connectivity index (χ2v) is 11.7. The summed E-state index contributed by atoms with van der Waals surface area (Å²) in [6.07, 6.45) is 9.27. The highest BCUT2D eigenvalue weighted by Crippen LogP contribution is 2.43. The lowest BCUT2D eigenvalue weighted by atomic mass is 9.88. The van der Waals surface area contributed by atoms with Gasteiger partial charge in [-0.15, -0.1) is 0 Å². The monoisotopic (exact) mass is 233 g/mol. The van der Waals surface area contributed by atoms with Crippen LogP contribution in [-0.2, 0) is 0 Å². The molecule has 0 heterocycles. The van der Waals surface area contributed by atoms with Gasteiger partial charge >= 0.3 is 0 Å². The first-order valence-corrected chi connectivity index (χ1v) is 10.3. The SMILES string of the molecule is CC[Si](C)(C)CC1[C]=C(C)C2=C1CCCC2. The lowest BCUT2D eigenvalue weighted by Crippen LogP contribution is -2.27. The van der Waals surface area contributed by atoms with Crippen LogP contribution in [0, 0.1) is 12.0 Å². The van der Waals surface area contributed by atoms with Gasteiger partial charge in [0.1, 0.15) is 0 Å². The quantitative estimate of drug-likeness (QED) is 0.604. The van der Waals surface area contributed by atoms with Crippen LogP contribution in [0.25, 0.3) is 0 Å². The van der Waals surface area contributed by atoms with Gasteiger partial charge in [-0.2, -0.15) is 0 Å². The molecule has 16 heavy (non-hydrogen) atoms. The molecule has 0 aliphatic heterocycles. The molecular formula is C15H25Si. The summed E-state index contributed by atoms with van der Waals surface area (Å²) in [5.41, 5.74) is 4.95. The summed E-state index contributed by atoms with van der Waals surface area (Å²) in [4.78, 5) is 0. The maximum Gasteiger partial charge on any atom is 0.0480 e. The summed E-state index contributed by atoms with van der Waals surface area (Å²) in [6.45, 7) is 9.71. The molecule has 89 valence electrons. The first-order valence-electron chi connectivity index (χ1n) is 6.86. The Hall–Kier alpha value is -0.303. The van der Waals surface area contributed by atoms with E-state index in [0.717, 1.165) is 0 Å². The van der Waals surface area contributed by atoms with Gasteiger partial charge in [-0.25, -0.2) is 0 Å². The van der Waals surface area contributed by atoms with Gasteiger partial charge in [-0.1, -0.05) is 31.6 Å². The van der Waals surface area contributed by atoms with E-state index in [9.17, 15) is 0 Å². The smallest absolute Gasteiger partial charge is 0.0480 e. The molecule has 0 fully saturated rings. The molecule has 0 aromatic rings. The lowest BCUT2D eigenvalue weighted by molar-refractivity contribution is 0.636. The summed E-state index contributed by atoms with van der Waals surface area (Å²) in [7, 11) is -0.958. The van der Waals surface area contributed by atoms with Gasteiger partial charge in [-0.05, 0) is 55.9 Å². The molecule has 0 spiro atoms. The van der Waals surface area contributed by atoms with E-state index in [1.807, 2.05) is 0 Å². The normalized spacial score (nSPS) is 25.8. The van der Waals surface area contributed by atoms with E-state index in [1.165, 1.54) is 43.3 Å². The van der Waals surface area contributed by atoms with Crippen LogP contribution in [0.15, 0.2) is 16.7 Å². The third-order valence-corrected chi connectivity index (χ3v) is 7.92. The number of hydrogen-bond acceptors (Lipinski definition) is 0. The van der Waals surface area contributed by atoms with E-state index in [0.29, 0.717) is 5.92 Å². The maximum atomic E-state index is 3.76. The van der Waals surface area contributed by atoms with Gasteiger partial charge in [0, 0.05) is 14.0 Å². The van der Waals surface area contributed by atoms with Gasteiger partial charge in [-0.3, -0.25) is 0 Å². The average molecular weight is 233 g/mol. The Balaban J connectivity index is 2.15. The Labute approximate surface area is 102 Å². The van der Waals surface area contributed by atoms with Gasteiger partial charge in [0.25, 0.3) is 0 Å². The predicted octanol–water partition coefficient (Wildman–Crippen LogP) is 4.96. The second kappa shape index (κ2) is 4.52. The van der Waals surface area contributed by atoms with Crippen molar-refractivity contribution in [3.05, 3.63) is 22.8 Å². The van der Waals surface area contributed by atoms with Crippen molar-refractivity contribution in [3.63, 3.8) is 0 Å². The maximum absolute atomic E-state index is 3.76. The number of rotatable bonds is 3. The molecule has 2 rings (SSSR count). The van der Waals surface area contributed by atoms with Crippen LogP contribution in [0.5, 0.6) is 0 Å². The first-order chi connectivity index (χ1) is 7.53. The van der Waals surface area contributed by atoms with Crippen LogP contribution >= 0.6 is 0 Å². The topological polar surface area (TPSA) is 0 Å². The second-order valence-electron chi connectivity index (χ2n) is 6.25. The highest BCUT2D eigenvalue weighted by molar-refractivity contribution is 6.77. The summed E-state index contributed by atoms with van der Waals surface area (Å²) in [5.74, 6) is 0.705. The minimum absolute atomic E-state index is 0.705. The Bertz CT molecular complexity index is 333. The van der Waals surface area contributed by atoms with E-state index in [2.05, 4.69) is 33.0 Å². The van der Waals surface area contributed by atoms with Crippen LogP contribution < -0.4 is 0 Å². The van der Waals surface area contributed by atoms with E-state index in [-0.39, 0.29) is 0 Å². The van der Waals surface area contributed by atoms with Crippen molar-refractivity contribution in [2.75, 3.05) is 0 Å². The molecule has 1 radical (unpaired) electrons.